The smallest absolute Gasteiger partial charge is 0.338 e. The SMILES string of the molecule is COc1ccc(CN(C)C(=O)COC(=O)c2ccc(C)c(S(N)(=O)=O)c2)cc1F. The third-order valence-corrected chi connectivity index (χ3v) is 5.17. The van der Waals surface area contributed by atoms with Crippen LogP contribution in [0.25, 0.3) is 0 Å². The summed E-state index contributed by atoms with van der Waals surface area (Å²) in [6.07, 6.45) is 0. The zero-order chi connectivity index (χ0) is 21.8. The summed E-state index contributed by atoms with van der Waals surface area (Å²) >= 11 is 0. The minimum absolute atomic E-state index is 0.0488. The molecule has 2 rings (SSSR count). The van der Waals surface area contributed by atoms with Gasteiger partial charge in [0.2, 0.25) is 10.0 Å². The summed E-state index contributed by atoms with van der Waals surface area (Å²) in [5, 5.41) is 5.12. The Morgan fingerprint density at radius 2 is 1.86 bits per heavy atom. The number of sulfonamides is 1. The van der Waals surface area contributed by atoms with Crippen molar-refractivity contribution in [3.63, 3.8) is 0 Å². The first-order chi connectivity index (χ1) is 13.5. The summed E-state index contributed by atoms with van der Waals surface area (Å²) in [5.41, 5.74) is 0.862. The second-order valence-electron chi connectivity index (χ2n) is 6.32. The van der Waals surface area contributed by atoms with E-state index in [1.165, 1.54) is 50.2 Å². The molecule has 0 aliphatic heterocycles. The Labute approximate surface area is 168 Å². The second-order valence-corrected chi connectivity index (χ2v) is 7.85. The fourth-order valence-electron chi connectivity index (χ4n) is 2.52. The molecule has 2 N–H and O–H groups in total. The van der Waals surface area contributed by atoms with Crippen LogP contribution in [0.1, 0.15) is 21.5 Å². The van der Waals surface area contributed by atoms with Gasteiger partial charge in [-0.15, -0.1) is 0 Å². The first-order valence-corrected chi connectivity index (χ1v) is 9.94. The third-order valence-electron chi connectivity index (χ3n) is 4.12. The zero-order valence-electron chi connectivity index (χ0n) is 16.1. The van der Waals surface area contributed by atoms with Gasteiger partial charge in [0, 0.05) is 13.6 Å². The lowest BCUT2D eigenvalue weighted by Crippen LogP contribution is -2.31. The molecule has 0 spiro atoms. The molecule has 0 bridgehead atoms. The Bertz CT molecular complexity index is 1040. The van der Waals surface area contributed by atoms with E-state index < -0.39 is 34.3 Å². The van der Waals surface area contributed by atoms with E-state index in [0.29, 0.717) is 11.1 Å². The summed E-state index contributed by atoms with van der Waals surface area (Å²) in [7, 11) is -1.18. The van der Waals surface area contributed by atoms with Crippen molar-refractivity contribution in [2.24, 2.45) is 5.14 Å². The Morgan fingerprint density at radius 3 is 2.45 bits per heavy atom. The van der Waals surface area contributed by atoms with Gasteiger partial charge in [-0.25, -0.2) is 22.7 Å². The van der Waals surface area contributed by atoms with Gasteiger partial charge in [0.05, 0.1) is 17.6 Å². The van der Waals surface area contributed by atoms with Crippen LogP contribution in [-0.2, 0) is 26.1 Å². The lowest BCUT2D eigenvalue weighted by molar-refractivity contribution is -0.133. The molecule has 0 fully saturated rings. The predicted molar refractivity (Wildman–Crippen MR) is 102 cm³/mol. The first-order valence-electron chi connectivity index (χ1n) is 8.40. The highest BCUT2D eigenvalue weighted by Crippen LogP contribution is 2.19. The van der Waals surface area contributed by atoms with Crippen LogP contribution in [0, 0.1) is 12.7 Å². The highest BCUT2D eigenvalue weighted by Gasteiger charge is 2.18. The van der Waals surface area contributed by atoms with Crippen molar-refractivity contribution in [3.8, 4) is 5.75 Å². The first kappa shape index (κ1) is 22.3. The number of carbonyl (C=O) groups is 2. The van der Waals surface area contributed by atoms with Crippen molar-refractivity contribution in [2.75, 3.05) is 20.8 Å². The lowest BCUT2D eigenvalue weighted by Gasteiger charge is -2.17. The van der Waals surface area contributed by atoms with Gasteiger partial charge in [0.25, 0.3) is 5.91 Å². The summed E-state index contributed by atoms with van der Waals surface area (Å²) < 4.78 is 46.6. The predicted octanol–water partition coefficient (Wildman–Crippen LogP) is 1.61. The van der Waals surface area contributed by atoms with Gasteiger partial charge in [-0.3, -0.25) is 4.79 Å². The van der Waals surface area contributed by atoms with E-state index in [-0.39, 0.29) is 22.8 Å². The fourth-order valence-corrected chi connectivity index (χ4v) is 3.33. The number of hydrogen-bond donors (Lipinski definition) is 1. The average molecular weight is 424 g/mol. The molecule has 0 unspecified atom stereocenters. The number of ether oxygens (including phenoxy) is 2. The van der Waals surface area contributed by atoms with Crippen LogP contribution in [0.4, 0.5) is 4.39 Å². The summed E-state index contributed by atoms with van der Waals surface area (Å²) in [6, 6.07) is 8.20. The number of halogens is 1. The maximum absolute atomic E-state index is 13.7. The third kappa shape index (κ3) is 5.75. The lowest BCUT2D eigenvalue weighted by atomic mass is 10.1. The Morgan fingerprint density at radius 1 is 1.17 bits per heavy atom. The summed E-state index contributed by atoms with van der Waals surface area (Å²) in [4.78, 5) is 25.4. The molecule has 1 amide bonds. The number of nitrogens with two attached hydrogens (primary N) is 1. The van der Waals surface area contributed by atoms with E-state index in [1.807, 2.05) is 0 Å². The Kier molecular flexibility index (Phi) is 6.93. The molecule has 0 saturated heterocycles. The quantitative estimate of drug-likeness (QED) is 0.675. The average Bonchev–Trinajstić information content (AvgIpc) is 2.65. The number of nitrogens with zero attached hydrogens (tertiary/aromatic N) is 1. The number of carbonyl (C=O) groups excluding carboxylic acids is 2. The van der Waals surface area contributed by atoms with Gasteiger partial charge in [0.15, 0.2) is 18.2 Å². The van der Waals surface area contributed by atoms with Crippen molar-refractivity contribution in [1.29, 1.82) is 0 Å². The molecule has 2 aromatic carbocycles. The maximum Gasteiger partial charge on any atom is 0.338 e. The van der Waals surface area contributed by atoms with Gasteiger partial charge >= 0.3 is 5.97 Å². The number of benzene rings is 2. The topological polar surface area (TPSA) is 116 Å². The largest absolute Gasteiger partial charge is 0.494 e. The number of aryl methyl sites for hydroxylation is 1. The minimum Gasteiger partial charge on any atom is -0.494 e. The van der Waals surface area contributed by atoms with Gasteiger partial charge in [0.1, 0.15) is 0 Å². The van der Waals surface area contributed by atoms with Crippen LogP contribution in [0.5, 0.6) is 5.75 Å². The van der Waals surface area contributed by atoms with E-state index in [4.69, 9.17) is 14.6 Å². The number of hydrogen-bond acceptors (Lipinski definition) is 6. The Balaban J connectivity index is 1.99. The number of likely N-dealkylation sites (N-methyl/N-ethyl adjacent to an activating group) is 1. The summed E-state index contributed by atoms with van der Waals surface area (Å²) in [6.45, 7) is 1.07. The van der Waals surface area contributed by atoms with Crippen molar-refractivity contribution < 1.29 is 31.9 Å². The molecule has 0 aliphatic carbocycles. The standard InChI is InChI=1S/C19H21FN2O6S/c1-12-4-6-14(9-17(12)29(21,25)26)19(24)28-11-18(23)22(2)10-13-5-7-16(27-3)15(20)8-13/h4-9H,10-11H2,1-3H3,(H2,21,25,26). The summed E-state index contributed by atoms with van der Waals surface area (Å²) in [5.74, 6) is -1.85. The number of methoxy groups -OCH3 is 1. The van der Waals surface area contributed by atoms with Gasteiger partial charge in [-0.05, 0) is 42.3 Å². The highest BCUT2D eigenvalue weighted by atomic mass is 32.2. The molecule has 156 valence electrons. The van der Waals surface area contributed by atoms with E-state index in [2.05, 4.69) is 0 Å². The maximum atomic E-state index is 13.7. The molecule has 0 radical (unpaired) electrons. The van der Waals surface area contributed by atoms with Crippen molar-refractivity contribution in [1.82, 2.24) is 4.90 Å². The minimum atomic E-state index is -4.00. The van der Waals surface area contributed by atoms with E-state index in [9.17, 15) is 22.4 Å². The highest BCUT2D eigenvalue weighted by molar-refractivity contribution is 7.89. The van der Waals surface area contributed by atoms with Crippen LogP contribution in [0.3, 0.4) is 0 Å². The monoisotopic (exact) mass is 424 g/mol. The van der Waals surface area contributed by atoms with Gasteiger partial charge < -0.3 is 14.4 Å². The molecule has 0 aliphatic rings. The second kappa shape index (κ2) is 9.01. The number of rotatable bonds is 7. The van der Waals surface area contributed by atoms with E-state index >= 15 is 0 Å². The van der Waals surface area contributed by atoms with Crippen LogP contribution < -0.4 is 9.88 Å². The molecule has 10 heteroatoms. The molecular formula is C19H21FN2O6S. The molecular weight excluding hydrogens is 403 g/mol. The number of amides is 1. The van der Waals surface area contributed by atoms with Gasteiger partial charge in [-0.2, -0.15) is 0 Å². The molecule has 0 heterocycles. The molecule has 29 heavy (non-hydrogen) atoms. The molecule has 8 nitrogen and oxygen atoms in total. The van der Waals surface area contributed by atoms with Crippen LogP contribution in [0.15, 0.2) is 41.3 Å². The molecule has 2 aromatic rings. The van der Waals surface area contributed by atoms with Crippen LogP contribution in [0.2, 0.25) is 0 Å². The molecule has 0 atom stereocenters. The van der Waals surface area contributed by atoms with Crippen molar-refractivity contribution in [3.05, 3.63) is 58.9 Å². The van der Waals surface area contributed by atoms with Gasteiger partial charge in [-0.1, -0.05) is 12.1 Å². The normalized spacial score (nSPS) is 11.1. The van der Waals surface area contributed by atoms with Crippen LogP contribution in [-0.4, -0.2) is 46.0 Å². The number of primary sulfonamides is 1. The molecule has 0 saturated carbocycles. The van der Waals surface area contributed by atoms with E-state index in [0.717, 1.165) is 6.07 Å². The Hall–Kier alpha value is -2.98. The zero-order valence-corrected chi connectivity index (χ0v) is 17.0. The van der Waals surface area contributed by atoms with Crippen LogP contribution >= 0.6 is 0 Å². The van der Waals surface area contributed by atoms with E-state index in [1.54, 1.807) is 6.07 Å². The van der Waals surface area contributed by atoms with Crippen molar-refractivity contribution >= 4 is 21.9 Å². The number of esters is 1. The molecule has 0 aromatic heterocycles. The van der Waals surface area contributed by atoms with Crippen molar-refractivity contribution in [2.45, 2.75) is 18.4 Å². The fraction of sp³-hybridized carbons (Fsp3) is 0.263.